The van der Waals surface area contributed by atoms with Crippen LogP contribution in [0, 0.1) is 0 Å². The van der Waals surface area contributed by atoms with E-state index < -0.39 is 0 Å². The third kappa shape index (κ3) is 1.86. The number of aromatic nitrogens is 1. The highest BCUT2D eigenvalue weighted by molar-refractivity contribution is 7.09. The average Bonchev–Trinajstić information content (AvgIpc) is 2.70. The molecule has 0 aromatic carbocycles. The Morgan fingerprint density at radius 1 is 1.12 bits per heavy atom. The summed E-state index contributed by atoms with van der Waals surface area (Å²) in [6, 6.07) is 0. The highest BCUT2D eigenvalue weighted by Crippen LogP contribution is 2.22. The van der Waals surface area contributed by atoms with Crippen molar-refractivity contribution in [2.75, 3.05) is 19.6 Å². The van der Waals surface area contributed by atoms with Gasteiger partial charge in [0.25, 0.3) is 0 Å². The van der Waals surface area contributed by atoms with Crippen molar-refractivity contribution in [3.8, 4) is 0 Å². The quantitative estimate of drug-likeness (QED) is 0.690. The summed E-state index contributed by atoms with van der Waals surface area (Å²) in [6.07, 6.45) is 6.30. The van der Waals surface area contributed by atoms with Gasteiger partial charge in [-0.2, -0.15) is 0 Å². The Labute approximate surface area is 100 Å². The fourth-order valence-corrected chi connectivity index (χ4v) is 3.29. The van der Waals surface area contributed by atoms with Crippen LogP contribution < -0.4 is 0 Å². The predicted molar refractivity (Wildman–Crippen MR) is 67.3 cm³/mol. The highest BCUT2D eigenvalue weighted by Gasteiger charge is 2.22. The molecule has 0 spiro atoms. The summed E-state index contributed by atoms with van der Waals surface area (Å²) < 4.78 is 0. The third-order valence-corrected chi connectivity index (χ3v) is 4.22. The van der Waals surface area contributed by atoms with Gasteiger partial charge in [-0.15, -0.1) is 11.3 Å². The average molecular weight is 235 g/mol. The molecule has 1 fully saturated rings. The molecule has 0 bridgehead atoms. The van der Waals surface area contributed by atoms with Crippen molar-refractivity contribution in [3.63, 3.8) is 0 Å². The first-order chi connectivity index (χ1) is 7.95. The first-order valence-electron chi connectivity index (χ1n) is 6.17. The van der Waals surface area contributed by atoms with Gasteiger partial charge in [0.15, 0.2) is 5.84 Å². The molecule has 86 valence electrons. The summed E-state index contributed by atoms with van der Waals surface area (Å²) in [6.45, 7) is 3.29. The number of rotatable bonds is 0. The molecule has 2 aliphatic rings. The minimum atomic E-state index is 0.967. The lowest BCUT2D eigenvalue weighted by atomic mass is 10.1. The Bertz CT molecular complexity index is 391. The van der Waals surface area contributed by atoms with Crippen molar-refractivity contribution in [1.29, 1.82) is 0 Å². The van der Waals surface area contributed by atoms with Crippen LogP contribution in [0.5, 0.6) is 0 Å². The van der Waals surface area contributed by atoms with E-state index in [1.807, 2.05) is 5.51 Å². The van der Waals surface area contributed by atoms with Crippen LogP contribution in [0.4, 0.5) is 0 Å². The molecule has 16 heavy (non-hydrogen) atoms. The largest absolute Gasteiger partial charge is 0.355 e. The standard InChI is InChI=1S/C12H17N3S/c1-2-7-15(8-3-1)12-11-10(16-9-14-11)5-4-6-13-12/h9H,1-8H2. The van der Waals surface area contributed by atoms with Gasteiger partial charge in [0.05, 0.1) is 5.51 Å². The Morgan fingerprint density at radius 3 is 2.88 bits per heavy atom. The van der Waals surface area contributed by atoms with Crippen LogP contribution in [0.3, 0.4) is 0 Å². The monoisotopic (exact) mass is 235 g/mol. The molecule has 0 saturated carbocycles. The Balaban J connectivity index is 1.91. The number of aliphatic imine (C=N–C) groups is 1. The van der Waals surface area contributed by atoms with Crippen molar-refractivity contribution < 1.29 is 0 Å². The molecule has 3 heterocycles. The van der Waals surface area contributed by atoms with Gasteiger partial charge in [0.1, 0.15) is 5.69 Å². The maximum absolute atomic E-state index is 4.75. The van der Waals surface area contributed by atoms with E-state index in [4.69, 9.17) is 4.99 Å². The molecule has 1 aromatic rings. The van der Waals surface area contributed by atoms with Crippen LogP contribution in [0.1, 0.15) is 36.3 Å². The van der Waals surface area contributed by atoms with Gasteiger partial charge in [0.2, 0.25) is 0 Å². The van der Waals surface area contributed by atoms with Crippen molar-refractivity contribution >= 4 is 17.2 Å². The first kappa shape index (κ1) is 10.3. The zero-order chi connectivity index (χ0) is 10.8. The molecule has 0 N–H and O–H groups in total. The van der Waals surface area contributed by atoms with Crippen LogP contribution >= 0.6 is 11.3 Å². The molecule has 0 radical (unpaired) electrons. The van der Waals surface area contributed by atoms with Gasteiger partial charge in [-0.05, 0) is 32.1 Å². The number of hydrogen-bond donors (Lipinski definition) is 0. The number of likely N-dealkylation sites (tertiary alicyclic amines) is 1. The van der Waals surface area contributed by atoms with Gasteiger partial charge in [-0.3, -0.25) is 4.99 Å². The fraction of sp³-hybridized carbons (Fsp3) is 0.667. The van der Waals surface area contributed by atoms with Crippen molar-refractivity contribution in [2.24, 2.45) is 4.99 Å². The van der Waals surface area contributed by atoms with Crippen LogP contribution in [0.15, 0.2) is 10.5 Å². The molecule has 2 aliphatic heterocycles. The van der Waals surface area contributed by atoms with Gasteiger partial charge >= 0.3 is 0 Å². The Morgan fingerprint density at radius 2 is 2.00 bits per heavy atom. The first-order valence-corrected chi connectivity index (χ1v) is 7.05. The van der Waals surface area contributed by atoms with Crippen LogP contribution in [-0.2, 0) is 6.42 Å². The third-order valence-electron chi connectivity index (χ3n) is 3.33. The second-order valence-corrected chi connectivity index (χ2v) is 5.42. The van der Waals surface area contributed by atoms with Crippen LogP contribution in [0.2, 0.25) is 0 Å². The van der Waals surface area contributed by atoms with Gasteiger partial charge in [-0.1, -0.05) is 0 Å². The molecule has 1 aromatic heterocycles. The minimum Gasteiger partial charge on any atom is -0.355 e. The molecule has 0 aliphatic carbocycles. The number of fused-ring (bicyclic) bond motifs is 1. The SMILES string of the molecule is c1nc2c(s1)CCCN=C2N1CCCCC1. The van der Waals surface area contributed by atoms with Gasteiger partial charge in [-0.25, -0.2) is 4.98 Å². The smallest absolute Gasteiger partial charge is 0.151 e. The molecule has 1 saturated heterocycles. The molecule has 0 amide bonds. The number of piperidine rings is 1. The predicted octanol–water partition coefficient (Wildman–Crippen LogP) is 2.32. The second kappa shape index (κ2) is 4.53. The second-order valence-electron chi connectivity index (χ2n) is 4.48. The number of thiazole rings is 1. The number of hydrogen-bond acceptors (Lipinski definition) is 4. The summed E-state index contributed by atoms with van der Waals surface area (Å²) in [4.78, 5) is 13.1. The number of aryl methyl sites for hydroxylation is 1. The maximum Gasteiger partial charge on any atom is 0.151 e. The summed E-state index contributed by atoms with van der Waals surface area (Å²) in [5, 5.41) is 0. The molecule has 0 unspecified atom stereocenters. The molecular weight excluding hydrogens is 218 g/mol. The zero-order valence-electron chi connectivity index (χ0n) is 9.48. The fourth-order valence-electron chi connectivity index (χ4n) is 2.49. The van der Waals surface area contributed by atoms with Crippen molar-refractivity contribution in [3.05, 3.63) is 16.1 Å². The van der Waals surface area contributed by atoms with E-state index in [1.54, 1.807) is 11.3 Å². The van der Waals surface area contributed by atoms with E-state index in [0.29, 0.717) is 0 Å². The summed E-state index contributed by atoms with van der Waals surface area (Å²) >= 11 is 1.79. The highest BCUT2D eigenvalue weighted by atomic mass is 32.1. The lowest BCUT2D eigenvalue weighted by Crippen LogP contribution is -2.36. The van der Waals surface area contributed by atoms with Crippen molar-refractivity contribution in [1.82, 2.24) is 9.88 Å². The van der Waals surface area contributed by atoms with E-state index in [9.17, 15) is 0 Å². The number of amidine groups is 1. The Kier molecular flexibility index (Phi) is 2.91. The van der Waals surface area contributed by atoms with E-state index in [-0.39, 0.29) is 0 Å². The number of nitrogens with zero attached hydrogens (tertiary/aromatic N) is 3. The van der Waals surface area contributed by atoms with E-state index in [2.05, 4.69) is 9.88 Å². The molecule has 4 heteroatoms. The van der Waals surface area contributed by atoms with Crippen LogP contribution in [0.25, 0.3) is 0 Å². The molecular formula is C12H17N3S. The van der Waals surface area contributed by atoms with Gasteiger partial charge in [0, 0.05) is 24.5 Å². The van der Waals surface area contributed by atoms with E-state index >= 15 is 0 Å². The van der Waals surface area contributed by atoms with E-state index in [0.717, 1.165) is 26.1 Å². The maximum atomic E-state index is 4.75. The summed E-state index contributed by atoms with van der Waals surface area (Å²) in [7, 11) is 0. The summed E-state index contributed by atoms with van der Waals surface area (Å²) in [5.41, 5.74) is 3.14. The normalized spacial score (nSPS) is 21.2. The van der Waals surface area contributed by atoms with E-state index in [1.165, 1.54) is 42.1 Å². The van der Waals surface area contributed by atoms with Crippen molar-refractivity contribution in [2.45, 2.75) is 32.1 Å². The minimum absolute atomic E-state index is 0.967. The summed E-state index contributed by atoms with van der Waals surface area (Å²) in [5.74, 6) is 1.17. The lowest BCUT2D eigenvalue weighted by molar-refractivity contribution is 0.341. The molecule has 0 atom stereocenters. The molecule has 3 rings (SSSR count). The lowest BCUT2D eigenvalue weighted by Gasteiger charge is -2.29. The topological polar surface area (TPSA) is 28.5 Å². The molecule has 3 nitrogen and oxygen atoms in total. The van der Waals surface area contributed by atoms with Crippen LogP contribution in [-0.4, -0.2) is 35.4 Å². The Hall–Kier alpha value is -0.900. The zero-order valence-corrected chi connectivity index (χ0v) is 10.3. The van der Waals surface area contributed by atoms with Gasteiger partial charge < -0.3 is 4.90 Å².